The number of hydrogen-bond donors (Lipinski definition) is 1. The largest absolute Gasteiger partial charge is 0.484 e. The molecule has 0 bridgehead atoms. The fraction of sp³-hybridized carbons (Fsp3) is 0.333. The topological polar surface area (TPSA) is 71.8 Å². The van der Waals surface area contributed by atoms with E-state index < -0.39 is 0 Å². The minimum absolute atomic E-state index is 0.000644. The van der Waals surface area contributed by atoms with Crippen LogP contribution in [0.25, 0.3) is 11.0 Å². The lowest BCUT2D eigenvalue weighted by atomic mass is 10.0. The minimum atomic E-state index is -0.138. The molecule has 156 valence electrons. The summed E-state index contributed by atoms with van der Waals surface area (Å²) in [5.74, 6) is 0.417. The van der Waals surface area contributed by atoms with Crippen LogP contribution in [-0.4, -0.2) is 36.4 Å². The molecule has 1 fully saturated rings. The molecule has 1 aliphatic rings. The second kappa shape index (κ2) is 8.61. The van der Waals surface area contributed by atoms with Gasteiger partial charge >= 0.3 is 0 Å². The SMILES string of the molecule is Cc1ccc2c(CC(=O)Nc3cccc(OCC(=O)N4CCCC4)c3)coc2c1C. The molecule has 6 nitrogen and oxygen atoms in total. The predicted octanol–water partition coefficient (Wildman–Crippen LogP) is 4.23. The van der Waals surface area contributed by atoms with E-state index in [9.17, 15) is 9.59 Å². The number of carbonyl (C=O) groups excluding carboxylic acids is 2. The lowest BCUT2D eigenvalue weighted by Crippen LogP contribution is -2.32. The van der Waals surface area contributed by atoms with Crippen LogP contribution < -0.4 is 10.1 Å². The van der Waals surface area contributed by atoms with Gasteiger partial charge in [-0.15, -0.1) is 0 Å². The average molecular weight is 406 g/mol. The van der Waals surface area contributed by atoms with E-state index in [1.807, 2.05) is 30.9 Å². The van der Waals surface area contributed by atoms with Crippen molar-refractivity contribution in [3.8, 4) is 5.75 Å². The molecule has 0 saturated carbocycles. The zero-order valence-corrected chi connectivity index (χ0v) is 17.4. The van der Waals surface area contributed by atoms with Crippen molar-refractivity contribution in [2.75, 3.05) is 25.0 Å². The normalized spacial score (nSPS) is 13.6. The van der Waals surface area contributed by atoms with Crippen molar-refractivity contribution in [3.63, 3.8) is 0 Å². The van der Waals surface area contributed by atoms with Crippen LogP contribution in [0.1, 0.15) is 29.5 Å². The van der Waals surface area contributed by atoms with Crippen molar-refractivity contribution in [1.29, 1.82) is 0 Å². The third-order valence-corrected chi connectivity index (χ3v) is 5.63. The van der Waals surface area contributed by atoms with Gasteiger partial charge in [0.25, 0.3) is 5.91 Å². The summed E-state index contributed by atoms with van der Waals surface area (Å²) in [4.78, 5) is 26.5. The third kappa shape index (κ3) is 4.32. The van der Waals surface area contributed by atoms with E-state index in [0.717, 1.165) is 53.6 Å². The molecule has 4 rings (SSSR count). The van der Waals surface area contributed by atoms with Gasteiger partial charge in [-0.25, -0.2) is 0 Å². The molecule has 2 aromatic carbocycles. The first kappa shape index (κ1) is 20.0. The Morgan fingerprint density at radius 2 is 1.93 bits per heavy atom. The molecule has 30 heavy (non-hydrogen) atoms. The predicted molar refractivity (Wildman–Crippen MR) is 116 cm³/mol. The van der Waals surface area contributed by atoms with E-state index in [0.29, 0.717) is 11.4 Å². The number of nitrogens with one attached hydrogen (secondary N) is 1. The number of fused-ring (bicyclic) bond motifs is 1. The molecule has 1 aliphatic heterocycles. The number of rotatable bonds is 6. The third-order valence-electron chi connectivity index (χ3n) is 5.63. The summed E-state index contributed by atoms with van der Waals surface area (Å²) in [6.07, 6.45) is 3.98. The van der Waals surface area contributed by atoms with Gasteiger partial charge in [-0.3, -0.25) is 9.59 Å². The van der Waals surface area contributed by atoms with Crippen LogP contribution in [0.5, 0.6) is 5.75 Å². The zero-order valence-electron chi connectivity index (χ0n) is 17.4. The van der Waals surface area contributed by atoms with Crippen molar-refractivity contribution < 1.29 is 18.7 Å². The number of furan rings is 1. The average Bonchev–Trinajstić information content (AvgIpc) is 3.40. The summed E-state index contributed by atoms with van der Waals surface area (Å²) in [7, 11) is 0. The van der Waals surface area contributed by atoms with Crippen molar-refractivity contribution in [2.45, 2.75) is 33.1 Å². The molecule has 0 unspecified atom stereocenters. The van der Waals surface area contributed by atoms with E-state index in [4.69, 9.17) is 9.15 Å². The maximum absolute atomic E-state index is 12.6. The summed E-state index contributed by atoms with van der Waals surface area (Å²) >= 11 is 0. The fourth-order valence-electron chi connectivity index (χ4n) is 3.77. The van der Waals surface area contributed by atoms with Crippen molar-refractivity contribution in [2.24, 2.45) is 0 Å². The molecule has 0 spiro atoms. The monoisotopic (exact) mass is 406 g/mol. The van der Waals surface area contributed by atoms with Gasteiger partial charge in [0.15, 0.2) is 6.61 Å². The maximum atomic E-state index is 12.6. The Hall–Kier alpha value is -3.28. The number of nitrogens with zero attached hydrogens (tertiary/aromatic N) is 1. The number of ether oxygens (including phenoxy) is 1. The van der Waals surface area contributed by atoms with E-state index in [-0.39, 0.29) is 24.8 Å². The van der Waals surface area contributed by atoms with E-state index in [2.05, 4.69) is 5.32 Å². The van der Waals surface area contributed by atoms with Crippen molar-refractivity contribution >= 4 is 28.5 Å². The van der Waals surface area contributed by atoms with Crippen molar-refractivity contribution in [3.05, 3.63) is 59.4 Å². The highest BCUT2D eigenvalue weighted by Gasteiger charge is 2.18. The van der Waals surface area contributed by atoms with Gasteiger partial charge in [-0.2, -0.15) is 0 Å². The van der Waals surface area contributed by atoms with Crippen LogP contribution in [0, 0.1) is 13.8 Å². The summed E-state index contributed by atoms with van der Waals surface area (Å²) in [6.45, 7) is 5.68. The first-order valence-electron chi connectivity index (χ1n) is 10.3. The van der Waals surface area contributed by atoms with Crippen LogP contribution in [0.3, 0.4) is 0 Å². The van der Waals surface area contributed by atoms with Gasteiger partial charge in [0, 0.05) is 35.8 Å². The van der Waals surface area contributed by atoms with Gasteiger partial charge in [0.1, 0.15) is 11.3 Å². The molecule has 0 atom stereocenters. The maximum Gasteiger partial charge on any atom is 0.260 e. The number of likely N-dealkylation sites (tertiary alicyclic amines) is 1. The van der Waals surface area contributed by atoms with Crippen molar-refractivity contribution in [1.82, 2.24) is 4.90 Å². The highest BCUT2D eigenvalue weighted by molar-refractivity contribution is 5.96. The smallest absolute Gasteiger partial charge is 0.260 e. The second-order valence-electron chi connectivity index (χ2n) is 7.77. The highest BCUT2D eigenvalue weighted by Crippen LogP contribution is 2.27. The van der Waals surface area contributed by atoms with Crippen LogP contribution >= 0.6 is 0 Å². The zero-order chi connectivity index (χ0) is 21.1. The number of hydrogen-bond acceptors (Lipinski definition) is 4. The fourth-order valence-corrected chi connectivity index (χ4v) is 3.77. The minimum Gasteiger partial charge on any atom is -0.484 e. The van der Waals surface area contributed by atoms with E-state index in [1.165, 1.54) is 0 Å². The molecular formula is C24H26N2O4. The summed E-state index contributed by atoms with van der Waals surface area (Å²) in [6, 6.07) is 11.1. The molecule has 6 heteroatoms. The molecule has 0 radical (unpaired) electrons. The Bertz CT molecular complexity index is 1080. The second-order valence-corrected chi connectivity index (χ2v) is 7.77. The molecule has 1 saturated heterocycles. The van der Waals surface area contributed by atoms with E-state index >= 15 is 0 Å². The van der Waals surface area contributed by atoms with Crippen LogP contribution in [0.2, 0.25) is 0 Å². The summed E-state index contributed by atoms with van der Waals surface area (Å²) in [5.41, 5.74) is 4.57. The van der Waals surface area contributed by atoms with Gasteiger partial charge in [0.2, 0.25) is 5.91 Å². The Kier molecular flexibility index (Phi) is 5.74. The molecular weight excluding hydrogens is 380 g/mol. The highest BCUT2D eigenvalue weighted by atomic mass is 16.5. The Morgan fingerprint density at radius 1 is 1.13 bits per heavy atom. The van der Waals surface area contributed by atoms with Crippen LogP contribution in [0.4, 0.5) is 5.69 Å². The number of amides is 2. The molecule has 1 aromatic heterocycles. The molecule has 3 aromatic rings. The van der Waals surface area contributed by atoms with Gasteiger partial charge in [0.05, 0.1) is 12.7 Å². The summed E-state index contributed by atoms with van der Waals surface area (Å²) in [5, 5.41) is 3.86. The molecule has 2 amide bonds. The molecule has 2 heterocycles. The van der Waals surface area contributed by atoms with Gasteiger partial charge in [-0.05, 0) is 49.9 Å². The van der Waals surface area contributed by atoms with Crippen LogP contribution in [-0.2, 0) is 16.0 Å². The van der Waals surface area contributed by atoms with Crippen LogP contribution in [0.15, 0.2) is 47.1 Å². The lowest BCUT2D eigenvalue weighted by Gasteiger charge is -2.15. The number of benzene rings is 2. The standard InChI is InChI=1S/C24H26N2O4/c1-16-8-9-21-18(14-30-24(21)17(16)2)12-22(27)25-19-6-5-7-20(13-19)29-15-23(28)26-10-3-4-11-26/h5-9,13-14H,3-4,10-12,15H2,1-2H3,(H,25,27). The first-order valence-corrected chi connectivity index (χ1v) is 10.3. The Balaban J connectivity index is 1.37. The number of carbonyl (C=O) groups is 2. The molecule has 1 N–H and O–H groups in total. The Morgan fingerprint density at radius 3 is 2.73 bits per heavy atom. The molecule has 0 aliphatic carbocycles. The lowest BCUT2D eigenvalue weighted by molar-refractivity contribution is -0.132. The van der Waals surface area contributed by atoms with E-state index in [1.54, 1.807) is 30.5 Å². The van der Waals surface area contributed by atoms with Gasteiger partial charge in [-0.1, -0.05) is 18.2 Å². The summed E-state index contributed by atoms with van der Waals surface area (Å²) < 4.78 is 11.3. The first-order chi connectivity index (χ1) is 14.5. The number of aryl methyl sites for hydroxylation is 2. The number of anilines is 1. The Labute approximate surface area is 175 Å². The quantitative estimate of drug-likeness (QED) is 0.665. The van der Waals surface area contributed by atoms with Gasteiger partial charge < -0.3 is 19.4 Å².